The molecule has 0 spiro atoms. The molecule has 130 valence electrons. The third-order valence-corrected chi connectivity index (χ3v) is 4.11. The molecule has 1 aromatic carbocycles. The van der Waals surface area contributed by atoms with Gasteiger partial charge in [0.1, 0.15) is 0 Å². The second-order valence-electron chi connectivity index (χ2n) is 5.79. The monoisotopic (exact) mass is 344 g/mol. The van der Waals surface area contributed by atoms with Crippen LogP contribution < -0.4 is 4.90 Å². The van der Waals surface area contributed by atoms with Gasteiger partial charge in [0, 0.05) is 25.8 Å². The molecular weight excluding hydrogens is 328 g/mol. The van der Waals surface area contributed by atoms with Crippen LogP contribution in [0.3, 0.4) is 0 Å². The van der Waals surface area contributed by atoms with Crippen molar-refractivity contribution < 1.29 is 28.7 Å². The number of hydrogen-bond acceptors (Lipinski definition) is 6. The maximum absolute atomic E-state index is 12.0. The van der Waals surface area contributed by atoms with E-state index in [1.54, 1.807) is 0 Å². The standard InChI is InChI=1S/C17H16N2O6/c20-13-2-1-9-18(13)16(23)10-25-17(24)11-3-5-12(6-4-11)19-14(21)7-8-15(19)22/h3-6H,1-2,7-10H2. The zero-order chi connectivity index (χ0) is 18.0. The molecule has 2 saturated heterocycles. The zero-order valence-electron chi connectivity index (χ0n) is 13.4. The van der Waals surface area contributed by atoms with E-state index in [9.17, 15) is 24.0 Å². The minimum atomic E-state index is -0.717. The first kappa shape index (κ1) is 16.8. The molecule has 0 bridgehead atoms. The number of rotatable bonds is 4. The third kappa shape index (κ3) is 3.42. The highest BCUT2D eigenvalue weighted by molar-refractivity contribution is 6.19. The Hall–Kier alpha value is -3.03. The predicted molar refractivity (Wildman–Crippen MR) is 84.4 cm³/mol. The number of ether oxygens (including phenoxy) is 1. The molecule has 0 unspecified atom stereocenters. The Kier molecular flexibility index (Phi) is 4.60. The Balaban J connectivity index is 1.59. The minimum Gasteiger partial charge on any atom is -0.452 e. The van der Waals surface area contributed by atoms with Crippen LogP contribution in [0.1, 0.15) is 36.0 Å². The molecular formula is C17H16N2O6. The molecule has 0 radical (unpaired) electrons. The highest BCUT2D eigenvalue weighted by Gasteiger charge is 2.30. The van der Waals surface area contributed by atoms with E-state index in [1.807, 2.05) is 0 Å². The van der Waals surface area contributed by atoms with Crippen LogP contribution >= 0.6 is 0 Å². The Bertz CT molecular complexity index is 739. The lowest BCUT2D eigenvalue weighted by atomic mass is 10.2. The quantitative estimate of drug-likeness (QED) is 0.587. The molecule has 2 fully saturated rings. The van der Waals surface area contributed by atoms with Crippen LogP contribution in [0.5, 0.6) is 0 Å². The first-order valence-corrected chi connectivity index (χ1v) is 7.93. The Morgan fingerprint density at radius 1 is 0.920 bits per heavy atom. The van der Waals surface area contributed by atoms with Gasteiger partial charge < -0.3 is 4.74 Å². The smallest absolute Gasteiger partial charge is 0.338 e. The van der Waals surface area contributed by atoms with Crippen molar-refractivity contribution in [3.8, 4) is 0 Å². The van der Waals surface area contributed by atoms with Crippen LogP contribution in [-0.4, -0.2) is 47.6 Å². The molecule has 4 amide bonds. The highest BCUT2D eigenvalue weighted by atomic mass is 16.5. The average molecular weight is 344 g/mol. The normalized spacial score (nSPS) is 17.4. The molecule has 25 heavy (non-hydrogen) atoms. The Morgan fingerprint density at radius 2 is 1.56 bits per heavy atom. The molecule has 2 aliphatic heterocycles. The molecule has 0 aliphatic carbocycles. The first-order chi connectivity index (χ1) is 12.0. The molecule has 3 rings (SSSR count). The molecule has 1 aromatic rings. The van der Waals surface area contributed by atoms with Crippen LogP contribution in [0.15, 0.2) is 24.3 Å². The molecule has 0 saturated carbocycles. The van der Waals surface area contributed by atoms with Gasteiger partial charge in [0.05, 0.1) is 11.3 Å². The number of benzene rings is 1. The average Bonchev–Trinajstić information content (AvgIpc) is 3.18. The lowest BCUT2D eigenvalue weighted by molar-refractivity contribution is -0.144. The maximum Gasteiger partial charge on any atom is 0.338 e. The number of amides is 4. The summed E-state index contributed by atoms with van der Waals surface area (Å²) in [4.78, 5) is 60.8. The van der Waals surface area contributed by atoms with Crippen LogP contribution in [-0.2, 0) is 23.9 Å². The molecule has 0 atom stereocenters. The van der Waals surface area contributed by atoms with Gasteiger partial charge in [-0.15, -0.1) is 0 Å². The van der Waals surface area contributed by atoms with E-state index in [0.29, 0.717) is 25.1 Å². The van der Waals surface area contributed by atoms with E-state index in [0.717, 1.165) is 9.80 Å². The number of esters is 1. The van der Waals surface area contributed by atoms with Crippen molar-refractivity contribution in [3.05, 3.63) is 29.8 Å². The van der Waals surface area contributed by atoms with Gasteiger partial charge in [0.15, 0.2) is 6.61 Å². The largest absolute Gasteiger partial charge is 0.452 e. The van der Waals surface area contributed by atoms with Crippen molar-refractivity contribution in [2.45, 2.75) is 25.7 Å². The van der Waals surface area contributed by atoms with E-state index in [2.05, 4.69) is 0 Å². The Labute approximate surface area is 143 Å². The number of likely N-dealkylation sites (tertiary alicyclic amines) is 1. The minimum absolute atomic E-state index is 0.181. The van der Waals surface area contributed by atoms with Gasteiger partial charge in [0.2, 0.25) is 17.7 Å². The van der Waals surface area contributed by atoms with Gasteiger partial charge in [-0.05, 0) is 30.7 Å². The fourth-order valence-electron chi connectivity index (χ4n) is 2.81. The van der Waals surface area contributed by atoms with E-state index in [4.69, 9.17) is 4.74 Å². The van der Waals surface area contributed by atoms with E-state index in [1.165, 1.54) is 24.3 Å². The van der Waals surface area contributed by atoms with Crippen molar-refractivity contribution in [1.82, 2.24) is 4.90 Å². The first-order valence-electron chi connectivity index (χ1n) is 7.93. The third-order valence-electron chi connectivity index (χ3n) is 4.11. The summed E-state index contributed by atoms with van der Waals surface area (Å²) < 4.78 is 4.93. The lowest BCUT2D eigenvalue weighted by Crippen LogP contribution is -2.35. The number of imide groups is 2. The van der Waals surface area contributed by atoms with Crippen molar-refractivity contribution in [2.24, 2.45) is 0 Å². The van der Waals surface area contributed by atoms with Gasteiger partial charge in [0.25, 0.3) is 5.91 Å². The van der Waals surface area contributed by atoms with Crippen LogP contribution in [0.25, 0.3) is 0 Å². The van der Waals surface area contributed by atoms with Crippen molar-refractivity contribution >= 4 is 35.3 Å². The van der Waals surface area contributed by atoms with Crippen LogP contribution in [0, 0.1) is 0 Å². The molecule has 2 aliphatic rings. The summed E-state index contributed by atoms with van der Waals surface area (Å²) in [6.07, 6.45) is 1.31. The molecule has 8 heteroatoms. The molecule has 0 aromatic heterocycles. The molecule has 8 nitrogen and oxygen atoms in total. The summed E-state index contributed by atoms with van der Waals surface area (Å²) in [7, 11) is 0. The van der Waals surface area contributed by atoms with E-state index >= 15 is 0 Å². The Morgan fingerprint density at radius 3 is 2.12 bits per heavy atom. The number of hydrogen-bond donors (Lipinski definition) is 0. The van der Waals surface area contributed by atoms with Crippen molar-refractivity contribution in [1.29, 1.82) is 0 Å². The van der Waals surface area contributed by atoms with Crippen molar-refractivity contribution in [3.63, 3.8) is 0 Å². The predicted octanol–water partition coefficient (Wildman–Crippen LogP) is 0.646. The molecule has 2 heterocycles. The zero-order valence-corrected chi connectivity index (χ0v) is 13.4. The van der Waals surface area contributed by atoms with Gasteiger partial charge >= 0.3 is 5.97 Å². The van der Waals surface area contributed by atoms with Crippen molar-refractivity contribution in [2.75, 3.05) is 18.1 Å². The topological polar surface area (TPSA) is 101 Å². The number of nitrogens with zero attached hydrogens (tertiary/aromatic N) is 2. The fourth-order valence-corrected chi connectivity index (χ4v) is 2.81. The van der Waals surface area contributed by atoms with E-state index < -0.39 is 18.5 Å². The number of carbonyl (C=O) groups is 5. The number of anilines is 1. The van der Waals surface area contributed by atoms with Gasteiger partial charge in [-0.1, -0.05) is 0 Å². The van der Waals surface area contributed by atoms with E-state index in [-0.39, 0.29) is 36.1 Å². The number of carbonyl (C=O) groups excluding carboxylic acids is 5. The summed E-state index contributed by atoms with van der Waals surface area (Å²) >= 11 is 0. The maximum atomic E-state index is 12.0. The summed E-state index contributed by atoms with van der Waals surface area (Å²) in [5.41, 5.74) is 0.575. The summed E-state index contributed by atoms with van der Waals surface area (Å²) in [5, 5.41) is 0. The van der Waals surface area contributed by atoms with Gasteiger partial charge in [-0.2, -0.15) is 0 Å². The van der Waals surface area contributed by atoms with Crippen LogP contribution in [0.4, 0.5) is 5.69 Å². The second-order valence-corrected chi connectivity index (χ2v) is 5.79. The van der Waals surface area contributed by atoms with Gasteiger partial charge in [-0.3, -0.25) is 29.0 Å². The highest BCUT2D eigenvalue weighted by Crippen LogP contribution is 2.23. The summed E-state index contributed by atoms with van der Waals surface area (Å²) in [5.74, 6) is -2.07. The summed E-state index contributed by atoms with van der Waals surface area (Å²) in [6, 6.07) is 5.79. The molecule has 0 N–H and O–H groups in total. The lowest BCUT2D eigenvalue weighted by Gasteiger charge is -2.15. The van der Waals surface area contributed by atoms with Crippen LogP contribution in [0.2, 0.25) is 0 Å². The SMILES string of the molecule is O=C(OCC(=O)N1CCCC1=O)c1ccc(N2C(=O)CCC2=O)cc1. The fraction of sp³-hybridized carbons (Fsp3) is 0.353. The second kappa shape index (κ2) is 6.84. The summed E-state index contributed by atoms with van der Waals surface area (Å²) in [6.45, 7) is -0.156. The van der Waals surface area contributed by atoms with Gasteiger partial charge in [-0.25, -0.2) is 4.79 Å².